The molecule has 0 fully saturated rings. The van der Waals surface area contributed by atoms with Crippen LogP contribution in [0.15, 0.2) is 23.4 Å². The van der Waals surface area contributed by atoms with Crippen LogP contribution in [0.1, 0.15) is 12.5 Å². The molecule has 0 saturated carbocycles. The highest BCUT2D eigenvalue weighted by atomic mass is 16.4. The van der Waals surface area contributed by atoms with E-state index in [1.165, 1.54) is 18.2 Å². The SMILES string of the molecule is C/C(=N\O)c1ccc(O)cc1O. The molecular formula is C8H9NO3. The molecule has 0 heterocycles. The van der Waals surface area contributed by atoms with Crippen LogP contribution in [0.4, 0.5) is 0 Å². The fraction of sp³-hybridized carbons (Fsp3) is 0.125. The average molecular weight is 167 g/mol. The van der Waals surface area contributed by atoms with Crippen LogP contribution in [-0.4, -0.2) is 21.1 Å². The minimum Gasteiger partial charge on any atom is -0.508 e. The van der Waals surface area contributed by atoms with Crippen LogP contribution in [0, 0.1) is 0 Å². The van der Waals surface area contributed by atoms with Gasteiger partial charge in [-0.25, -0.2) is 0 Å². The number of oxime groups is 1. The predicted octanol–water partition coefficient (Wildman–Crippen LogP) is 1.30. The number of phenols is 2. The quantitative estimate of drug-likeness (QED) is 0.335. The summed E-state index contributed by atoms with van der Waals surface area (Å²) in [5, 5.41) is 29.5. The van der Waals surface area contributed by atoms with Crippen molar-refractivity contribution < 1.29 is 15.4 Å². The van der Waals surface area contributed by atoms with E-state index in [-0.39, 0.29) is 11.5 Å². The van der Waals surface area contributed by atoms with Gasteiger partial charge in [-0.1, -0.05) is 5.16 Å². The molecule has 0 aliphatic carbocycles. The van der Waals surface area contributed by atoms with Gasteiger partial charge in [-0.05, 0) is 19.1 Å². The third kappa shape index (κ3) is 1.47. The first kappa shape index (κ1) is 8.39. The second-order valence-electron chi connectivity index (χ2n) is 2.39. The van der Waals surface area contributed by atoms with Crippen LogP contribution in [0.2, 0.25) is 0 Å². The number of benzene rings is 1. The Hall–Kier alpha value is -1.71. The normalized spacial score (nSPS) is 11.6. The Morgan fingerprint density at radius 1 is 1.33 bits per heavy atom. The van der Waals surface area contributed by atoms with Gasteiger partial charge in [0.15, 0.2) is 0 Å². The molecule has 64 valence electrons. The lowest BCUT2D eigenvalue weighted by Crippen LogP contribution is -1.94. The molecule has 4 nitrogen and oxygen atoms in total. The van der Waals surface area contributed by atoms with Crippen molar-refractivity contribution in [2.75, 3.05) is 0 Å². The maximum atomic E-state index is 9.24. The Morgan fingerprint density at radius 3 is 2.50 bits per heavy atom. The number of aromatic hydroxyl groups is 2. The van der Waals surface area contributed by atoms with E-state index in [9.17, 15) is 5.11 Å². The Morgan fingerprint density at radius 2 is 2.00 bits per heavy atom. The Bertz CT molecular complexity index is 320. The zero-order chi connectivity index (χ0) is 9.14. The van der Waals surface area contributed by atoms with Gasteiger partial charge in [0.1, 0.15) is 11.5 Å². The largest absolute Gasteiger partial charge is 0.508 e. The third-order valence-corrected chi connectivity index (χ3v) is 1.52. The molecule has 0 saturated heterocycles. The standard InChI is InChI=1S/C8H9NO3/c1-5(9-12)7-3-2-6(10)4-8(7)11/h2-4,10-12H,1H3/b9-5+. The van der Waals surface area contributed by atoms with Gasteiger partial charge in [-0.15, -0.1) is 0 Å². The van der Waals surface area contributed by atoms with Crippen LogP contribution in [0.5, 0.6) is 11.5 Å². The fourth-order valence-electron chi connectivity index (χ4n) is 0.880. The predicted molar refractivity (Wildman–Crippen MR) is 43.8 cm³/mol. The average Bonchev–Trinajstić information content (AvgIpc) is 2.03. The molecule has 0 atom stereocenters. The summed E-state index contributed by atoms with van der Waals surface area (Å²) in [6.07, 6.45) is 0. The van der Waals surface area contributed by atoms with E-state index >= 15 is 0 Å². The van der Waals surface area contributed by atoms with E-state index in [2.05, 4.69) is 5.16 Å². The number of hydrogen-bond acceptors (Lipinski definition) is 4. The van der Waals surface area contributed by atoms with Gasteiger partial charge in [0.25, 0.3) is 0 Å². The summed E-state index contributed by atoms with van der Waals surface area (Å²) >= 11 is 0. The molecule has 0 aliphatic heterocycles. The number of phenolic OH excluding ortho intramolecular Hbond substituents is 2. The molecule has 0 bridgehead atoms. The molecule has 0 unspecified atom stereocenters. The van der Waals surface area contributed by atoms with E-state index in [0.29, 0.717) is 11.3 Å². The summed E-state index contributed by atoms with van der Waals surface area (Å²) in [5.74, 6) is -0.132. The second-order valence-corrected chi connectivity index (χ2v) is 2.39. The Labute approximate surface area is 69.4 Å². The van der Waals surface area contributed by atoms with Crippen LogP contribution < -0.4 is 0 Å². The minimum atomic E-state index is -0.106. The van der Waals surface area contributed by atoms with Crippen molar-refractivity contribution in [3.63, 3.8) is 0 Å². The summed E-state index contributed by atoms with van der Waals surface area (Å²) in [6.45, 7) is 1.55. The van der Waals surface area contributed by atoms with E-state index < -0.39 is 0 Å². The summed E-state index contributed by atoms with van der Waals surface area (Å²) in [5.41, 5.74) is 0.697. The molecule has 0 aliphatic rings. The van der Waals surface area contributed by atoms with E-state index in [0.717, 1.165) is 0 Å². The maximum Gasteiger partial charge on any atom is 0.128 e. The van der Waals surface area contributed by atoms with Gasteiger partial charge in [0.05, 0.1) is 5.71 Å². The summed E-state index contributed by atoms with van der Waals surface area (Å²) < 4.78 is 0. The van der Waals surface area contributed by atoms with Crippen LogP contribution >= 0.6 is 0 Å². The zero-order valence-electron chi connectivity index (χ0n) is 6.52. The van der Waals surface area contributed by atoms with Gasteiger partial charge in [-0.3, -0.25) is 0 Å². The topological polar surface area (TPSA) is 73.1 Å². The fourth-order valence-corrected chi connectivity index (χ4v) is 0.880. The molecule has 12 heavy (non-hydrogen) atoms. The molecular weight excluding hydrogens is 158 g/mol. The van der Waals surface area contributed by atoms with Crippen molar-refractivity contribution in [1.82, 2.24) is 0 Å². The highest BCUT2D eigenvalue weighted by molar-refractivity contribution is 6.00. The minimum absolute atomic E-state index is 0.0259. The zero-order valence-corrected chi connectivity index (χ0v) is 6.52. The lowest BCUT2D eigenvalue weighted by Gasteiger charge is -2.01. The van der Waals surface area contributed by atoms with Gasteiger partial charge in [0, 0.05) is 11.6 Å². The van der Waals surface area contributed by atoms with Crippen LogP contribution in [0.3, 0.4) is 0 Å². The number of nitrogens with zero attached hydrogens (tertiary/aromatic N) is 1. The lowest BCUT2D eigenvalue weighted by molar-refractivity contribution is 0.318. The molecule has 1 rings (SSSR count). The molecule has 0 amide bonds. The van der Waals surface area contributed by atoms with E-state index in [4.69, 9.17) is 10.3 Å². The number of rotatable bonds is 1. The van der Waals surface area contributed by atoms with Crippen LogP contribution in [0.25, 0.3) is 0 Å². The van der Waals surface area contributed by atoms with E-state index in [1.807, 2.05) is 0 Å². The molecule has 0 spiro atoms. The number of hydrogen-bond donors (Lipinski definition) is 3. The first-order chi connectivity index (χ1) is 5.65. The summed E-state index contributed by atoms with van der Waals surface area (Å²) in [6, 6.07) is 4.06. The first-order valence-electron chi connectivity index (χ1n) is 3.36. The summed E-state index contributed by atoms with van der Waals surface area (Å²) in [4.78, 5) is 0. The highest BCUT2D eigenvalue weighted by Gasteiger charge is 2.04. The molecule has 1 aromatic rings. The molecule has 4 heteroatoms. The van der Waals surface area contributed by atoms with Gasteiger partial charge >= 0.3 is 0 Å². The monoisotopic (exact) mass is 167 g/mol. The van der Waals surface area contributed by atoms with Gasteiger partial charge < -0.3 is 15.4 Å². The van der Waals surface area contributed by atoms with Gasteiger partial charge in [-0.2, -0.15) is 0 Å². The van der Waals surface area contributed by atoms with Crippen molar-refractivity contribution in [3.8, 4) is 11.5 Å². The second kappa shape index (κ2) is 3.13. The van der Waals surface area contributed by atoms with Crippen molar-refractivity contribution in [2.45, 2.75) is 6.92 Å². The maximum absolute atomic E-state index is 9.24. The molecule has 3 N–H and O–H groups in total. The van der Waals surface area contributed by atoms with Crippen molar-refractivity contribution >= 4 is 5.71 Å². The smallest absolute Gasteiger partial charge is 0.128 e. The van der Waals surface area contributed by atoms with Crippen molar-refractivity contribution in [1.29, 1.82) is 0 Å². The molecule has 1 aromatic carbocycles. The third-order valence-electron chi connectivity index (χ3n) is 1.52. The van der Waals surface area contributed by atoms with E-state index in [1.54, 1.807) is 6.92 Å². The van der Waals surface area contributed by atoms with Gasteiger partial charge in [0.2, 0.25) is 0 Å². The lowest BCUT2D eigenvalue weighted by atomic mass is 10.1. The highest BCUT2D eigenvalue weighted by Crippen LogP contribution is 2.22. The molecule has 0 radical (unpaired) electrons. The van der Waals surface area contributed by atoms with Crippen LogP contribution in [-0.2, 0) is 0 Å². The summed E-state index contributed by atoms with van der Waals surface area (Å²) in [7, 11) is 0. The Kier molecular flexibility index (Phi) is 2.19. The Balaban J connectivity index is 3.18. The van der Waals surface area contributed by atoms with Crippen molar-refractivity contribution in [3.05, 3.63) is 23.8 Å². The van der Waals surface area contributed by atoms with Crippen molar-refractivity contribution in [2.24, 2.45) is 5.16 Å². The molecule has 0 aromatic heterocycles. The first-order valence-corrected chi connectivity index (χ1v) is 3.36.